The number of rotatable bonds is 3. The molecule has 1 aliphatic carbocycles. The van der Waals surface area contributed by atoms with Crippen LogP contribution >= 0.6 is 0 Å². The van der Waals surface area contributed by atoms with Crippen LogP contribution in [0.25, 0.3) is 11.1 Å². The van der Waals surface area contributed by atoms with Gasteiger partial charge in [0.05, 0.1) is 0 Å². The molecule has 0 aromatic heterocycles. The molecule has 3 nitrogen and oxygen atoms in total. The number of benzene rings is 2. The summed E-state index contributed by atoms with van der Waals surface area (Å²) in [5.74, 6) is -0.0556. The van der Waals surface area contributed by atoms with Gasteiger partial charge in [-0.05, 0) is 48.9 Å². The first-order valence-corrected chi connectivity index (χ1v) is 7.75. The first-order valence-electron chi connectivity index (χ1n) is 7.75. The molecule has 0 saturated carbocycles. The monoisotopic (exact) mass is 294 g/mol. The Hall–Kier alpha value is -2.13. The highest BCUT2D eigenvalue weighted by atomic mass is 16.2. The van der Waals surface area contributed by atoms with Gasteiger partial charge in [0.1, 0.15) is 5.54 Å². The number of carbonyl (C=O) groups excluding carboxylic acids is 1. The van der Waals surface area contributed by atoms with Crippen LogP contribution in [0.15, 0.2) is 48.5 Å². The van der Waals surface area contributed by atoms with E-state index >= 15 is 0 Å². The van der Waals surface area contributed by atoms with Crippen LogP contribution in [0, 0.1) is 0 Å². The fraction of sp³-hybridized carbons (Fsp3) is 0.316. The molecule has 3 N–H and O–H groups in total. The van der Waals surface area contributed by atoms with E-state index in [1.807, 2.05) is 32.0 Å². The first-order chi connectivity index (χ1) is 10.5. The number of hydrogen-bond acceptors (Lipinski definition) is 2. The molecule has 1 unspecified atom stereocenters. The topological polar surface area (TPSA) is 55.1 Å². The Morgan fingerprint density at radius 1 is 1.05 bits per heavy atom. The molecule has 3 heteroatoms. The molecule has 0 fully saturated rings. The Morgan fingerprint density at radius 3 is 2.41 bits per heavy atom. The van der Waals surface area contributed by atoms with Crippen molar-refractivity contribution < 1.29 is 4.79 Å². The lowest BCUT2D eigenvalue weighted by molar-refractivity contribution is -0.126. The minimum Gasteiger partial charge on any atom is -0.352 e. The van der Waals surface area contributed by atoms with E-state index in [0.29, 0.717) is 12.8 Å². The molecule has 1 aliphatic rings. The van der Waals surface area contributed by atoms with Gasteiger partial charge < -0.3 is 11.1 Å². The lowest BCUT2D eigenvalue weighted by atomic mass is 9.95. The van der Waals surface area contributed by atoms with Crippen LogP contribution in [-0.4, -0.2) is 17.5 Å². The maximum atomic E-state index is 12.4. The molecular weight excluding hydrogens is 272 g/mol. The van der Waals surface area contributed by atoms with Crippen molar-refractivity contribution in [3.05, 3.63) is 59.7 Å². The molecule has 0 radical (unpaired) electrons. The number of hydrogen-bond donors (Lipinski definition) is 2. The van der Waals surface area contributed by atoms with E-state index in [1.165, 1.54) is 22.3 Å². The quantitative estimate of drug-likeness (QED) is 0.914. The number of nitrogens with two attached hydrogens (primary N) is 1. The van der Waals surface area contributed by atoms with Crippen molar-refractivity contribution in [2.75, 3.05) is 0 Å². The molecule has 114 valence electrons. The molecule has 0 aliphatic heterocycles. The van der Waals surface area contributed by atoms with E-state index in [9.17, 15) is 4.79 Å². The summed E-state index contributed by atoms with van der Waals surface area (Å²) in [6.07, 6.45) is 1.21. The third kappa shape index (κ3) is 2.77. The van der Waals surface area contributed by atoms with Gasteiger partial charge in [-0.2, -0.15) is 0 Å². The molecule has 0 bridgehead atoms. The van der Waals surface area contributed by atoms with Crippen molar-refractivity contribution in [3.8, 4) is 11.1 Å². The maximum absolute atomic E-state index is 12.4. The third-order valence-corrected chi connectivity index (χ3v) is 4.20. The predicted octanol–water partition coefficient (Wildman–Crippen LogP) is 2.67. The van der Waals surface area contributed by atoms with Crippen molar-refractivity contribution in [1.82, 2.24) is 5.32 Å². The molecule has 22 heavy (non-hydrogen) atoms. The first kappa shape index (κ1) is 14.8. The molecule has 1 atom stereocenters. The lowest BCUT2D eigenvalue weighted by Gasteiger charge is -2.23. The number of fused-ring (bicyclic) bond motifs is 1. The maximum Gasteiger partial charge on any atom is 0.240 e. The number of amides is 1. The van der Waals surface area contributed by atoms with E-state index in [0.717, 1.165) is 0 Å². The fourth-order valence-corrected chi connectivity index (χ4v) is 3.08. The summed E-state index contributed by atoms with van der Waals surface area (Å²) < 4.78 is 0. The Labute approximate surface area is 131 Å². The van der Waals surface area contributed by atoms with Gasteiger partial charge in [0.2, 0.25) is 5.91 Å². The highest BCUT2D eigenvalue weighted by molar-refractivity contribution is 5.88. The molecule has 1 amide bonds. The Kier molecular flexibility index (Phi) is 3.75. The van der Waals surface area contributed by atoms with Gasteiger partial charge in [0, 0.05) is 6.04 Å². The van der Waals surface area contributed by atoms with Crippen molar-refractivity contribution in [2.45, 2.75) is 38.3 Å². The van der Waals surface area contributed by atoms with E-state index < -0.39 is 5.54 Å². The third-order valence-electron chi connectivity index (χ3n) is 4.20. The minimum atomic E-state index is -0.818. The average Bonchev–Trinajstić information content (AvgIpc) is 2.84. The Morgan fingerprint density at radius 2 is 1.73 bits per heavy atom. The van der Waals surface area contributed by atoms with Gasteiger partial charge in [-0.3, -0.25) is 4.79 Å². The van der Waals surface area contributed by atoms with Crippen molar-refractivity contribution in [3.63, 3.8) is 0 Å². The summed E-state index contributed by atoms with van der Waals surface area (Å²) in [5.41, 5.74) is 10.3. The van der Waals surface area contributed by atoms with Gasteiger partial charge >= 0.3 is 0 Å². The average molecular weight is 294 g/mol. The molecular formula is C19H22N2O. The van der Waals surface area contributed by atoms with Crippen molar-refractivity contribution >= 4 is 5.91 Å². The number of carbonyl (C=O) groups is 1. The largest absolute Gasteiger partial charge is 0.352 e. The van der Waals surface area contributed by atoms with Gasteiger partial charge in [-0.25, -0.2) is 0 Å². The van der Waals surface area contributed by atoms with Gasteiger partial charge in [0.15, 0.2) is 0 Å². The van der Waals surface area contributed by atoms with E-state index in [4.69, 9.17) is 5.73 Å². The zero-order chi connectivity index (χ0) is 15.7. The molecule has 2 aromatic rings. The van der Waals surface area contributed by atoms with Crippen LogP contribution in [0.5, 0.6) is 0 Å². The summed E-state index contributed by atoms with van der Waals surface area (Å²) in [6, 6.07) is 16.8. The van der Waals surface area contributed by atoms with Crippen LogP contribution < -0.4 is 11.1 Å². The second kappa shape index (κ2) is 5.58. The van der Waals surface area contributed by atoms with E-state index in [1.54, 1.807) is 0 Å². The highest BCUT2D eigenvalue weighted by Gasteiger charge is 2.40. The molecule has 0 spiro atoms. The van der Waals surface area contributed by atoms with Crippen LogP contribution in [0.4, 0.5) is 0 Å². The normalized spacial score (nSPS) is 20.0. The summed E-state index contributed by atoms with van der Waals surface area (Å²) in [5, 5.41) is 2.94. The van der Waals surface area contributed by atoms with E-state index in [-0.39, 0.29) is 11.9 Å². The standard InChI is InChI=1S/C19H22N2O/c1-13(2)21-18(22)19(20)11-16-9-8-15(10-17(16)12-19)14-6-4-3-5-7-14/h3-10,13H,11-12,20H2,1-2H3,(H,21,22). The fourth-order valence-electron chi connectivity index (χ4n) is 3.08. The van der Waals surface area contributed by atoms with Crippen LogP contribution in [0.2, 0.25) is 0 Å². The van der Waals surface area contributed by atoms with Crippen LogP contribution in [-0.2, 0) is 17.6 Å². The van der Waals surface area contributed by atoms with Crippen LogP contribution in [0.1, 0.15) is 25.0 Å². The summed E-state index contributed by atoms with van der Waals surface area (Å²) >= 11 is 0. The highest BCUT2D eigenvalue weighted by Crippen LogP contribution is 2.32. The van der Waals surface area contributed by atoms with E-state index in [2.05, 4.69) is 35.6 Å². The summed E-state index contributed by atoms with van der Waals surface area (Å²) in [4.78, 5) is 12.4. The van der Waals surface area contributed by atoms with Gasteiger partial charge in [-0.15, -0.1) is 0 Å². The SMILES string of the molecule is CC(C)NC(=O)C1(N)Cc2ccc(-c3ccccc3)cc2C1. The summed E-state index contributed by atoms with van der Waals surface area (Å²) in [6.45, 7) is 3.91. The van der Waals surface area contributed by atoms with Crippen LogP contribution in [0.3, 0.4) is 0 Å². The minimum absolute atomic E-state index is 0.0556. The smallest absolute Gasteiger partial charge is 0.240 e. The second-order valence-electron chi connectivity index (χ2n) is 6.49. The van der Waals surface area contributed by atoms with Crippen molar-refractivity contribution in [2.24, 2.45) is 5.73 Å². The van der Waals surface area contributed by atoms with Gasteiger partial charge in [0.25, 0.3) is 0 Å². The molecule has 2 aromatic carbocycles. The van der Waals surface area contributed by atoms with Gasteiger partial charge in [-0.1, -0.05) is 48.5 Å². The molecule has 3 rings (SSSR count). The van der Waals surface area contributed by atoms with Crippen molar-refractivity contribution in [1.29, 1.82) is 0 Å². The number of nitrogens with one attached hydrogen (secondary N) is 1. The zero-order valence-electron chi connectivity index (χ0n) is 13.1. The molecule has 0 saturated heterocycles. The lowest BCUT2D eigenvalue weighted by Crippen LogP contribution is -2.56. The second-order valence-corrected chi connectivity index (χ2v) is 6.49. The summed E-state index contributed by atoms with van der Waals surface area (Å²) in [7, 11) is 0. The Balaban J connectivity index is 1.86. The predicted molar refractivity (Wildman–Crippen MR) is 89.5 cm³/mol. The Bertz CT molecular complexity index is 694. The molecule has 0 heterocycles. The zero-order valence-corrected chi connectivity index (χ0v) is 13.1.